The second kappa shape index (κ2) is 13.2. The van der Waals surface area contributed by atoms with E-state index in [-0.39, 0.29) is 24.2 Å². The smallest absolute Gasteiger partial charge is 0.0888 e. The Labute approximate surface area is 142 Å². The van der Waals surface area contributed by atoms with E-state index in [1.165, 1.54) is 0 Å². The summed E-state index contributed by atoms with van der Waals surface area (Å²) in [5, 5.41) is 10.2. The predicted octanol–water partition coefficient (Wildman–Crippen LogP) is 3.94. The first-order valence-corrected chi connectivity index (χ1v) is 9.71. The fourth-order valence-corrected chi connectivity index (χ4v) is 3.08. The van der Waals surface area contributed by atoms with E-state index in [2.05, 4.69) is 20.8 Å². The molecule has 1 aliphatic rings. The maximum Gasteiger partial charge on any atom is 0.0888 e. The summed E-state index contributed by atoms with van der Waals surface area (Å²) in [6.45, 7) is 9.50. The summed E-state index contributed by atoms with van der Waals surface area (Å²) in [4.78, 5) is 0. The monoisotopic (exact) mass is 330 g/mol. The average Bonchev–Trinajstić information content (AvgIpc) is 2.54. The van der Waals surface area contributed by atoms with Crippen LogP contribution in [0.2, 0.25) is 0 Å². The summed E-state index contributed by atoms with van der Waals surface area (Å²) < 4.78 is 18.0. The van der Waals surface area contributed by atoms with Crippen molar-refractivity contribution < 1.29 is 19.3 Å². The first-order valence-electron chi connectivity index (χ1n) is 9.71. The molecule has 0 aromatic heterocycles. The van der Waals surface area contributed by atoms with Gasteiger partial charge in [-0.3, -0.25) is 0 Å². The first-order chi connectivity index (χ1) is 11.2. The van der Waals surface area contributed by atoms with Crippen molar-refractivity contribution in [2.45, 2.75) is 90.4 Å². The highest BCUT2D eigenvalue weighted by Gasteiger charge is 2.38. The van der Waals surface area contributed by atoms with Crippen molar-refractivity contribution in [2.75, 3.05) is 26.4 Å². The summed E-state index contributed by atoms with van der Waals surface area (Å²) in [6.07, 6.45) is 7.84. The molecule has 1 saturated carbocycles. The van der Waals surface area contributed by atoms with E-state index in [1.54, 1.807) is 0 Å². The second-order valence-corrected chi connectivity index (χ2v) is 6.77. The van der Waals surface area contributed by atoms with Gasteiger partial charge in [0.15, 0.2) is 0 Å². The van der Waals surface area contributed by atoms with Crippen LogP contribution in [0.4, 0.5) is 0 Å². The van der Waals surface area contributed by atoms with E-state index in [0.717, 1.165) is 64.8 Å². The number of hydrogen-bond acceptors (Lipinski definition) is 4. The Morgan fingerprint density at radius 2 is 1.43 bits per heavy atom. The van der Waals surface area contributed by atoms with Crippen molar-refractivity contribution in [1.29, 1.82) is 0 Å². The lowest BCUT2D eigenvalue weighted by atomic mass is 9.82. The van der Waals surface area contributed by atoms with Crippen LogP contribution in [0.25, 0.3) is 0 Å². The molecule has 1 rings (SSSR count). The molecule has 0 heterocycles. The third kappa shape index (κ3) is 8.48. The predicted molar refractivity (Wildman–Crippen MR) is 93.8 cm³/mol. The van der Waals surface area contributed by atoms with Crippen LogP contribution < -0.4 is 0 Å². The van der Waals surface area contributed by atoms with Gasteiger partial charge >= 0.3 is 0 Å². The molecule has 0 spiro atoms. The Morgan fingerprint density at radius 1 is 0.826 bits per heavy atom. The standard InChI is InChI=1S/C19H38O4/c1-4-7-10-21-15-16-13-17(20)14-18(22-11-8-5-2)19(16)23-12-9-6-3/h16-20H,4-15H2,1-3H3/t16-,17-,18-,19-/m1/s1. The molecule has 138 valence electrons. The topological polar surface area (TPSA) is 47.9 Å². The number of unbranched alkanes of at least 4 members (excludes halogenated alkanes) is 3. The van der Waals surface area contributed by atoms with Gasteiger partial charge in [0.05, 0.1) is 24.9 Å². The highest BCUT2D eigenvalue weighted by molar-refractivity contribution is 4.88. The molecule has 1 fully saturated rings. The lowest BCUT2D eigenvalue weighted by Gasteiger charge is -2.40. The lowest BCUT2D eigenvalue weighted by molar-refractivity contribution is -0.152. The molecule has 4 atom stereocenters. The maximum atomic E-state index is 10.2. The Morgan fingerprint density at radius 3 is 2.09 bits per heavy atom. The van der Waals surface area contributed by atoms with Crippen molar-refractivity contribution in [3.63, 3.8) is 0 Å². The van der Waals surface area contributed by atoms with E-state index in [1.807, 2.05) is 0 Å². The van der Waals surface area contributed by atoms with Gasteiger partial charge in [0.25, 0.3) is 0 Å². The molecule has 4 heteroatoms. The summed E-state index contributed by atoms with van der Waals surface area (Å²) in [5.74, 6) is 0.235. The van der Waals surface area contributed by atoms with Crippen LogP contribution in [0.15, 0.2) is 0 Å². The van der Waals surface area contributed by atoms with Crippen LogP contribution in [0.5, 0.6) is 0 Å². The molecule has 23 heavy (non-hydrogen) atoms. The minimum absolute atomic E-state index is 0.00179. The van der Waals surface area contributed by atoms with Gasteiger partial charge in [0.1, 0.15) is 0 Å². The molecule has 4 nitrogen and oxygen atoms in total. The van der Waals surface area contributed by atoms with Gasteiger partial charge in [0, 0.05) is 32.2 Å². The molecular weight excluding hydrogens is 292 g/mol. The third-order valence-corrected chi connectivity index (χ3v) is 4.52. The number of ether oxygens (including phenoxy) is 3. The molecule has 0 aromatic carbocycles. The summed E-state index contributed by atoms with van der Waals surface area (Å²) in [5.41, 5.74) is 0. The number of hydrogen-bond donors (Lipinski definition) is 1. The van der Waals surface area contributed by atoms with Gasteiger partial charge in [-0.15, -0.1) is 0 Å². The molecule has 1 aliphatic carbocycles. The van der Waals surface area contributed by atoms with E-state index < -0.39 is 0 Å². The van der Waals surface area contributed by atoms with E-state index in [0.29, 0.717) is 13.0 Å². The molecule has 0 radical (unpaired) electrons. The normalized spacial score (nSPS) is 28.2. The zero-order chi connectivity index (χ0) is 16.9. The van der Waals surface area contributed by atoms with Crippen LogP contribution in [0.3, 0.4) is 0 Å². The van der Waals surface area contributed by atoms with Crippen molar-refractivity contribution in [3.05, 3.63) is 0 Å². The quantitative estimate of drug-likeness (QED) is 0.520. The zero-order valence-corrected chi connectivity index (χ0v) is 15.5. The fraction of sp³-hybridized carbons (Fsp3) is 1.00. The Hall–Kier alpha value is -0.160. The Bertz CT molecular complexity index is 272. The van der Waals surface area contributed by atoms with Gasteiger partial charge in [0.2, 0.25) is 0 Å². The van der Waals surface area contributed by atoms with Crippen molar-refractivity contribution >= 4 is 0 Å². The van der Waals surface area contributed by atoms with Crippen LogP contribution in [-0.4, -0.2) is 49.8 Å². The molecule has 0 aliphatic heterocycles. The van der Waals surface area contributed by atoms with Gasteiger partial charge in [-0.25, -0.2) is 0 Å². The molecule has 0 saturated heterocycles. The highest BCUT2D eigenvalue weighted by Crippen LogP contribution is 2.30. The maximum absolute atomic E-state index is 10.2. The van der Waals surface area contributed by atoms with Crippen LogP contribution in [-0.2, 0) is 14.2 Å². The first kappa shape index (κ1) is 20.9. The second-order valence-electron chi connectivity index (χ2n) is 6.77. The summed E-state index contributed by atoms with van der Waals surface area (Å²) in [7, 11) is 0. The van der Waals surface area contributed by atoms with Crippen LogP contribution >= 0.6 is 0 Å². The molecule has 1 N–H and O–H groups in total. The van der Waals surface area contributed by atoms with Gasteiger partial charge < -0.3 is 19.3 Å². The number of rotatable bonds is 13. The van der Waals surface area contributed by atoms with Crippen molar-refractivity contribution in [2.24, 2.45) is 5.92 Å². The van der Waals surface area contributed by atoms with Crippen LogP contribution in [0.1, 0.15) is 72.1 Å². The van der Waals surface area contributed by atoms with Gasteiger partial charge in [-0.05, 0) is 25.7 Å². The Balaban J connectivity index is 2.56. The largest absolute Gasteiger partial charge is 0.393 e. The summed E-state index contributed by atoms with van der Waals surface area (Å²) in [6, 6.07) is 0. The SMILES string of the molecule is CCCCOC[C@H]1C[C@@H](O)C[C@@H](OCCCC)[C@@H]1OCCCC. The fourth-order valence-electron chi connectivity index (χ4n) is 3.08. The highest BCUT2D eigenvalue weighted by atomic mass is 16.5. The minimum Gasteiger partial charge on any atom is -0.393 e. The number of aliphatic hydroxyl groups excluding tert-OH is 1. The zero-order valence-electron chi connectivity index (χ0n) is 15.5. The van der Waals surface area contributed by atoms with Gasteiger partial charge in [-0.2, -0.15) is 0 Å². The van der Waals surface area contributed by atoms with Crippen molar-refractivity contribution in [1.82, 2.24) is 0 Å². The van der Waals surface area contributed by atoms with Crippen LogP contribution in [0, 0.1) is 5.92 Å². The molecule has 0 amide bonds. The number of aliphatic hydroxyl groups is 1. The van der Waals surface area contributed by atoms with Crippen molar-refractivity contribution in [3.8, 4) is 0 Å². The molecular formula is C19H38O4. The van der Waals surface area contributed by atoms with E-state index in [9.17, 15) is 5.11 Å². The molecule has 0 unspecified atom stereocenters. The van der Waals surface area contributed by atoms with Gasteiger partial charge in [-0.1, -0.05) is 40.0 Å². The summed E-state index contributed by atoms with van der Waals surface area (Å²) >= 11 is 0. The molecule has 0 aromatic rings. The third-order valence-electron chi connectivity index (χ3n) is 4.52. The molecule has 0 bridgehead atoms. The lowest BCUT2D eigenvalue weighted by Crippen LogP contribution is -2.48. The van der Waals surface area contributed by atoms with E-state index >= 15 is 0 Å². The minimum atomic E-state index is -0.299. The van der Waals surface area contributed by atoms with E-state index in [4.69, 9.17) is 14.2 Å². The average molecular weight is 331 g/mol. The Kier molecular flexibility index (Phi) is 12.0.